The van der Waals surface area contributed by atoms with Gasteiger partial charge in [-0.25, -0.2) is 4.98 Å². The molecular weight excluding hydrogens is 278 g/mol. The zero-order valence-electron chi connectivity index (χ0n) is 13.0. The predicted molar refractivity (Wildman–Crippen MR) is 83.7 cm³/mol. The van der Waals surface area contributed by atoms with E-state index in [0.717, 1.165) is 30.5 Å². The molecule has 22 heavy (non-hydrogen) atoms. The molecule has 5 heteroatoms. The summed E-state index contributed by atoms with van der Waals surface area (Å²) in [6, 6.07) is 8.09. The van der Waals surface area contributed by atoms with Crippen molar-refractivity contribution in [2.45, 2.75) is 31.5 Å². The smallest absolute Gasteiger partial charge is 0.253 e. The molecule has 0 saturated heterocycles. The number of amides is 1. The maximum atomic E-state index is 12.6. The van der Waals surface area contributed by atoms with Crippen molar-refractivity contribution in [3.8, 4) is 0 Å². The molecule has 1 aromatic heterocycles. The summed E-state index contributed by atoms with van der Waals surface area (Å²) < 4.78 is 7.27. The fraction of sp³-hybridized carbons (Fsp3) is 0.412. The SMILES string of the molecule is COC1CC(N(C)C(=O)c2cccc(Cn3ccnc3)c2)C1. The highest BCUT2D eigenvalue weighted by Gasteiger charge is 2.34. The molecule has 1 aromatic carbocycles. The zero-order valence-corrected chi connectivity index (χ0v) is 13.0. The van der Waals surface area contributed by atoms with Gasteiger partial charge >= 0.3 is 0 Å². The normalized spacial score (nSPS) is 20.5. The van der Waals surface area contributed by atoms with Gasteiger partial charge in [-0.1, -0.05) is 12.1 Å². The number of rotatable bonds is 5. The van der Waals surface area contributed by atoms with Crippen molar-refractivity contribution in [3.63, 3.8) is 0 Å². The number of hydrogen-bond donors (Lipinski definition) is 0. The first kappa shape index (κ1) is 14.8. The molecule has 3 rings (SSSR count). The van der Waals surface area contributed by atoms with Crippen LogP contribution in [0.15, 0.2) is 43.0 Å². The highest BCUT2D eigenvalue weighted by Crippen LogP contribution is 2.28. The highest BCUT2D eigenvalue weighted by molar-refractivity contribution is 5.94. The lowest BCUT2D eigenvalue weighted by Crippen LogP contribution is -2.48. The minimum Gasteiger partial charge on any atom is -0.381 e. The molecule has 0 bridgehead atoms. The van der Waals surface area contributed by atoms with Crippen molar-refractivity contribution in [2.75, 3.05) is 14.2 Å². The number of hydrogen-bond acceptors (Lipinski definition) is 3. The molecule has 0 spiro atoms. The number of carbonyl (C=O) groups is 1. The van der Waals surface area contributed by atoms with Crippen LogP contribution in [-0.4, -0.2) is 46.7 Å². The highest BCUT2D eigenvalue weighted by atomic mass is 16.5. The maximum Gasteiger partial charge on any atom is 0.253 e. The molecule has 1 aliphatic carbocycles. The minimum atomic E-state index is 0.0760. The van der Waals surface area contributed by atoms with Gasteiger partial charge in [-0.05, 0) is 30.5 Å². The van der Waals surface area contributed by atoms with Gasteiger partial charge in [0.15, 0.2) is 0 Å². The fourth-order valence-corrected chi connectivity index (χ4v) is 2.81. The van der Waals surface area contributed by atoms with E-state index in [9.17, 15) is 4.79 Å². The number of benzene rings is 1. The van der Waals surface area contributed by atoms with Crippen LogP contribution in [0.1, 0.15) is 28.8 Å². The first-order valence-electron chi connectivity index (χ1n) is 7.52. The Kier molecular flexibility index (Phi) is 4.24. The van der Waals surface area contributed by atoms with Crippen molar-refractivity contribution in [1.29, 1.82) is 0 Å². The Labute approximate surface area is 130 Å². The number of aromatic nitrogens is 2. The van der Waals surface area contributed by atoms with Crippen LogP contribution < -0.4 is 0 Å². The molecule has 1 saturated carbocycles. The van der Waals surface area contributed by atoms with E-state index in [4.69, 9.17) is 4.74 Å². The summed E-state index contributed by atoms with van der Waals surface area (Å²) in [7, 11) is 3.60. The Morgan fingerprint density at radius 2 is 2.27 bits per heavy atom. The van der Waals surface area contributed by atoms with Crippen LogP contribution in [-0.2, 0) is 11.3 Å². The lowest BCUT2D eigenvalue weighted by Gasteiger charge is -2.40. The molecule has 1 fully saturated rings. The third-order valence-corrected chi connectivity index (χ3v) is 4.37. The summed E-state index contributed by atoms with van der Waals surface area (Å²) in [5.41, 5.74) is 1.83. The number of carbonyl (C=O) groups excluding carboxylic acids is 1. The van der Waals surface area contributed by atoms with Crippen molar-refractivity contribution in [3.05, 3.63) is 54.1 Å². The summed E-state index contributed by atoms with van der Waals surface area (Å²) in [6.45, 7) is 0.722. The van der Waals surface area contributed by atoms with E-state index in [1.807, 2.05) is 47.0 Å². The van der Waals surface area contributed by atoms with Gasteiger partial charge < -0.3 is 14.2 Å². The third-order valence-electron chi connectivity index (χ3n) is 4.37. The lowest BCUT2D eigenvalue weighted by molar-refractivity contribution is -0.0144. The van der Waals surface area contributed by atoms with Gasteiger partial charge in [-0.15, -0.1) is 0 Å². The molecule has 1 heterocycles. The van der Waals surface area contributed by atoms with Crippen molar-refractivity contribution >= 4 is 5.91 Å². The van der Waals surface area contributed by atoms with Crippen LogP contribution in [0.2, 0.25) is 0 Å². The van der Waals surface area contributed by atoms with Crippen LogP contribution >= 0.6 is 0 Å². The van der Waals surface area contributed by atoms with Gasteiger partial charge in [0.05, 0.1) is 12.4 Å². The molecule has 1 amide bonds. The van der Waals surface area contributed by atoms with Crippen LogP contribution in [0.3, 0.4) is 0 Å². The number of nitrogens with zero attached hydrogens (tertiary/aromatic N) is 3. The summed E-state index contributed by atoms with van der Waals surface area (Å²) >= 11 is 0. The topological polar surface area (TPSA) is 47.4 Å². The quantitative estimate of drug-likeness (QED) is 0.850. The van der Waals surface area contributed by atoms with Gasteiger partial charge in [-0.3, -0.25) is 4.79 Å². The molecule has 0 aliphatic heterocycles. The largest absolute Gasteiger partial charge is 0.381 e. The Balaban J connectivity index is 1.67. The van der Waals surface area contributed by atoms with Crippen LogP contribution in [0.4, 0.5) is 0 Å². The first-order chi connectivity index (χ1) is 10.7. The van der Waals surface area contributed by atoms with Gasteiger partial charge in [-0.2, -0.15) is 0 Å². The Morgan fingerprint density at radius 1 is 1.45 bits per heavy atom. The lowest BCUT2D eigenvalue weighted by atomic mass is 9.88. The van der Waals surface area contributed by atoms with E-state index in [1.54, 1.807) is 19.6 Å². The monoisotopic (exact) mass is 299 g/mol. The van der Waals surface area contributed by atoms with Crippen LogP contribution in [0.5, 0.6) is 0 Å². The van der Waals surface area contributed by atoms with E-state index in [2.05, 4.69) is 4.98 Å². The Bertz CT molecular complexity index is 633. The van der Waals surface area contributed by atoms with E-state index in [-0.39, 0.29) is 11.9 Å². The second-order valence-electron chi connectivity index (χ2n) is 5.83. The second kappa shape index (κ2) is 6.32. The van der Waals surface area contributed by atoms with E-state index < -0.39 is 0 Å². The Morgan fingerprint density at radius 3 is 2.95 bits per heavy atom. The average Bonchev–Trinajstić information content (AvgIpc) is 2.98. The predicted octanol–water partition coefficient (Wildman–Crippen LogP) is 2.18. The van der Waals surface area contributed by atoms with E-state index >= 15 is 0 Å². The van der Waals surface area contributed by atoms with Crippen LogP contribution in [0.25, 0.3) is 0 Å². The maximum absolute atomic E-state index is 12.6. The molecule has 0 radical (unpaired) electrons. The summed E-state index contributed by atoms with van der Waals surface area (Å²) in [5, 5.41) is 0. The summed E-state index contributed by atoms with van der Waals surface area (Å²) in [6.07, 6.45) is 7.60. The Hall–Kier alpha value is -2.14. The minimum absolute atomic E-state index is 0.0760. The average molecular weight is 299 g/mol. The molecule has 116 valence electrons. The first-order valence-corrected chi connectivity index (χ1v) is 7.52. The number of ether oxygens (including phenoxy) is 1. The van der Waals surface area contributed by atoms with Gasteiger partial charge in [0.25, 0.3) is 5.91 Å². The molecule has 2 aromatic rings. The molecule has 0 N–H and O–H groups in total. The third kappa shape index (κ3) is 3.04. The summed E-state index contributed by atoms with van der Waals surface area (Å²) in [5.74, 6) is 0.0760. The van der Waals surface area contributed by atoms with E-state index in [0.29, 0.717) is 6.10 Å². The standard InChI is InChI=1S/C17H21N3O2/c1-19(15-9-16(10-15)22-2)17(21)14-5-3-4-13(8-14)11-20-7-6-18-12-20/h3-8,12,15-16H,9-11H2,1-2H3. The molecule has 5 nitrogen and oxygen atoms in total. The molecule has 0 unspecified atom stereocenters. The molecular formula is C17H21N3O2. The fourth-order valence-electron chi connectivity index (χ4n) is 2.81. The number of methoxy groups -OCH3 is 1. The molecule has 0 atom stereocenters. The van der Waals surface area contributed by atoms with Crippen molar-refractivity contribution in [1.82, 2.24) is 14.5 Å². The summed E-state index contributed by atoms with van der Waals surface area (Å²) in [4.78, 5) is 18.5. The zero-order chi connectivity index (χ0) is 15.5. The second-order valence-corrected chi connectivity index (χ2v) is 5.83. The van der Waals surface area contributed by atoms with Crippen molar-refractivity contribution < 1.29 is 9.53 Å². The van der Waals surface area contributed by atoms with Crippen LogP contribution in [0, 0.1) is 0 Å². The van der Waals surface area contributed by atoms with Gasteiger partial charge in [0.2, 0.25) is 0 Å². The molecule has 1 aliphatic rings. The van der Waals surface area contributed by atoms with Crippen molar-refractivity contribution in [2.24, 2.45) is 0 Å². The van der Waals surface area contributed by atoms with E-state index in [1.165, 1.54) is 0 Å². The van der Waals surface area contributed by atoms with Gasteiger partial charge in [0, 0.05) is 44.7 Å². The van der Waals surface area contributed by atoms with Gasteiger partial charge in [0.1, 0.15) is 0 Å². The number of imidazole rings is 1.